The molecule has 1 aromatic rings. The van der Waals surface area contributed by atoms with Crippen molar-refractivity contribution >= 4 is 27.9 Å². The summed E-state index contributed by atoms with van der Waals surface area (Å²) in [6.45, 7) is 7.27. The molecule has 0 unspecified atom stereocenters. The zero-order chi connectivity index (χ0) is 17.7. The van der Waals surface area contributed by atoms with Crippen molar-refractivity contribution in [3.8, 4) is 5.88 Å². The first-order valence-corrected chi connectivity index (χ1v) is 8.54. The molecule has 0 atom stereocenters. The van der Waals surface area contributed by atoms with Gasteiger partial charge in [0.25, 0.3) is 5.91 Å². The summed E-state index contributed by atoms with van der Waals surface area (Å²) in [5.74, 6) is 0.280. The highest BCUT2D eigenvalue weighted by Gasteiger charge is 2.27. The molecule has 0 spiro atoms. The maximum absolute atomic E-state index is 12.2. The zero-order valence-corrected chi connectivity index (χ0v) is 15.7. The second-order valence-corrected chi connectivity index (χ2v) is 7.37. The van der Waals surface area contributed by atoms with Gasteiger partial charge in [-0.1, -0.05) is 0 Å². The highest BCUT2D eigenvalue weighted by Crippen LogP contribution is 2.14. The zero-order valence-electron chi connectivity index (χ0n) is 14.1. The molecule has 1 fully saturated rings. The first-order valence-electron chi connectivity index (χ1n) is 7.75. The molecular weight excluding hydrogens is 378 g/mol. The van der Waals surface area contributed by atoms with E-state index >= 15 is 0 Å². The first kappa shape index (κ1) is 18.5. The quantitative estimate of drug-likeness (QED) is 0.779. The van der Waals surface area contributed by atoms with Crippen LogP contribution in [0, 0.1) is 0 Å². The second-order valence-electron chi connectivity index (χ2n) is 6.45. The third kappa shape index (κ3) is 5.67. The summed E-state index contributed by atoms with van der Waals surface area (Å²) in [5, 5.41) is 0. The van der Waals surface area contributed by atoms with Crippen molar-refractivity contribution in [2.75, 3.05) is 32.8 Å². The fourth-order valence-corrected chi connectivity index (χ4v) is 2.37. The molecule has 0 saturated carbocycles. The summed E-state index contributed by atoms with van der Waals surface area (Å²) in [5.41, 5.74) is -0.518. The van der Waals surface area contributed by atoms with Gasteiger partial charge in [-0.2, -0.15) is 0 Å². The highest BCUT2D eigenvalue weighted by molar-refractivity contribution is 9.10. The summed E-state index contributed by atoms with van der Waals surface area (Å²) in [4.78, 5) is 31.5. The van der Waals surface area contributed by atoms with E-state index in [0.717, 1.165) is 4.47 Å². The van der Waals surface area contributed by atoms with Gasteiger partial charge in [-0.15, -0.1) is 0 Å². The van der Waals surface area contributed by atoms with Crippen molar-refractivity contribution in [3.63, 3.8) is 0 Å². The van der Waals surface area contributed by atoms with E-state index in [0.29, 0.717) is 32.1 Å². The number of hydrogen-bond acceptors (Lipinski definition) is 5. The van der Waals surface area contributed by atoms with E-state index < -0.39 is 5.60 Å². The van der Waals surface area contributed by atoms with Crippen LogP contribution in [0.1, 0.15) is 20.8 Å². The second kappa shape index (κ2) is 7.83. The largest absolute Gasteiger partial charge is 0.468 e. The van der Waals surface area contributed by atoms with E-state index in [2.05, 4.69) is 20.9 Å². The van der Waals surface area contributed by atoms with Crippen LogP contribution >= 0.6 is 15.9 Å². The predicted octanol–water partition coefficient (Wildman–Crippen LogP) is 2.30. The van der Waals surface area contributed by atoms with Crippen molar-refractivity contribution in [3.05, 3.63) is 22.8 Å². The van der Waals surface area contributed by atoms with Gasteiger partial charge < -0.3 is 19.3 Å². The van der Waals surface area contributed by atoms with Gasteiger partial charge in [0.05, 0.1) is 0 Å². The Morgan fingerprint density at radius 3 is 2.33 bits per heavy atom. The maximum Gasteiger partial charge on any atom is 0.410 e. The summed E-state index contributed by atoms with van der Waals surface area (Å²) >= 11 is 3.29. The number of halogens is 1. The Hall–Kier alpha value is -1.83. The SMILES string of the molecule is CC(C)(C)OC(=O)N1CCN(C(=O)COc2ccc(Br)cn2)CC1. The Kier molecular flexibility index (Phi) is 6.04. The first-order chi connectivity index (χ1) is 11.2. The number of ether oxygens (including phenoxy) is 2. The van der Waals surface area contributed by atoms with E-state index in [1.807, 2.05) is 20.8 Å². The number of carbonyl (C=O) groups is 2. The van der Waals surface area contributed by atoms with Gasteiger partial charge in [-0.25, -0.2) is 9.78 Å². The number of nitrogens with zero attached hydrogens (tertiary/aromatic N) is 3. The van der Waals surface area contributed by atoms with Gasteiger partial charge in [0, 0.05) is 42.9 Å². The molecule has 0 radical (unpaired) electrons. The van der Waals surface area contributed by atoms with Crippen LogP contribution in [0.5, 0.6) is 5.88 Å². The minimum Gasteiger partial charge on any atom is -0.468 e. The summed E-state index contributed by atoms with van der Waals surface area (Å²) < 4.78 is 11.6. The molecule has 2 rings (SSSR count). The molecule has 1 aliphatic rings. The van der Waals surface area contributed by atoms with E-state index in [1.54, 1.807) is 28.1 Å². The minimum absolute atomic E-state index is 0.0684. The van der Waals surface area contributed by atoms with Gasteiger partial charge in [0.2, 0.25) is 5.88 Å². The molecule has 1 aromatic heterocycles. The molecule has 1 aliphatic heterocycles. The lowest BCUT2D eigenvalue weighted by Gasteiger charge is -2.35. The third-order valence-corrected chi connectivity index (χ3v) is 3.80. The highest BCUT2D eigenvalue weighted by atomic mass is 79.9. The van der Waals surface area contributed by atoms with Crippen LogP contribution in [0.2, 0.25) is 0 Å². The molecule has 24 heavy (non-hydrogen) atoms. The molecular formula is C16H22BrN3O4. The van der Waals surface area contributed by atoms with Gasteiger partial charge in [0.15, 0.2) is 6.61 Å². The fraction of sp³-hybridized carbons (Fsp3) is 0.562. The van der Waals surface area contributed by atoms with Gasteiger partial charge in [-0.3, -0.25) is 4.79 Å². The molecule has 0 N–H and O–H groups in total. The summed E-state index contributed by atoms with van der Waals surface area (Å²) in [6.07, 6.45) is 1.27. The van der Waals surface area contributed by atoms with Crippen LogP contribution in [-0.4, -0.2) is 65.2 Å². The van der Waals surface area contributed by atoms with Crippen LogP contribution in [0.3, 0.4) is 0 Å². The lowest BCUT2D eigenvalue weighted by atomic mass is 10.2. The standard InChI is InChI=1S/C16H22BrN3O4/c1-16(2,3)24-15(22)20-8-6-19(7-9-20)14(21)11-23-13-5-4-12(17)10-18-13/h4-5,10H,6-9,11H2,1-3H3. The number of aromatic nitrogens is 1. The van der Waals surface area contributed by atoms with Gasteiger partial charge >= 0.3 is 6.09 Å². The topological polar surface area (TPSA) is 72.0 Å². The van der Waals surface area contributed by atoms with E-state index in [9.17, 15) is 9.59 Å². The van der Waals surface area contributed by atoms with Gasteiger partial charge in [0.1, 0.15) is 5.60 Å². The normalized spacial score (nSPS) is 15.2. The molecule has 1 saturated heterocycles. The van der Waals surface area contributed by atoms with Crippen molar-refractivity contribution in [1.29, 1.82) is 0 Å². The average Bonchev–Trinajstić information content (AvgIpc) is 2.52. The number of piperazine rings is 1. The number of amides is 2. The molecule has 8 heteroatoms. The number of carbonyl (C=O) groups excluding carboxylic acids is 2. The summed E-state index contributed by atoms with van der Waals surface area (Å²) in [6, 6.07) is 3.49. The van der Waals surface area contributed by atoms with Crippen molar-refractivity contribution < 1.29 is 19.1 Å². The van der Waals surface area contributed by atoms with Crippen LogP contribution in [0.15, 0.2) is 22.8 Å². The van der Waals surface area contributed by atoms with Gasteiger partial charge in [-0.05, 0) is 42.8 Å². The number of hydrogen-bond donors (Lipinski definition) is 0. The lowest BCUT2D eigenvalue weighted by molar-refractivity contribution is -0.135. The molecule has 0 aliphatic carbocycles. The Labute approximate surface area is 150 Å². The predicted molar refractivity (Wildman–Crippen MR) is 91.8 cm³/mol. The van der Waals surface area contributed by atoms with Crippen molar-refractivity contribution in [1.82, 2.24) is 14.8 Å². The van der Waals surface area contributed by atoms with E-state index in [4.69, 9.17) is 9.47 Å². The number of pyridine rings is 1. The van der Waals surface area contributed by atoms with Crippen LogP contribution in [0.25, 0.3) is 0 Å². The van der Waals surface area contributed by atoms with Crippen molar-refractivity contribution in [2.45, 2.75) is 26.4 Å². The maximum atomic E-state index is 12.2. The summed E-state index contributed by atoms with van der Waals surface area (Å²) in [7, 11) is 0. The number of rotatable bonds is 3. The third-order valence-electron chi connectivity index (χ3n) is 3.33. The van der Waals surface area contributed by atoms with E-state index in [1.165, 1.54) is 0 Å². The minimum atomic E-state index is -0.518. The average molecular weight is 400 g/mol. The Morgan fingerprint density at radius 2 is 1.79 bits per heavy atom. The fourth-order valence-electron chi connectivity index (χ4n) is 2.14. The van der Waals surface area contributed by atoms with Crippen molar-refractivity contribution in [2.24, 2.45) is 0 Å². The lowest BCUT2D eigenvalue weighted by Crippen LogP contribution is -2.52. The smallest absolute Gasteiger partial charge is 0.410 e. The Balaban J connectivity index is 1.76. The molecule has 2 amide bonds. The van der Waals surface area contributed by atoms with Crippen LogP contribution < -0.4 is 4.74 Å². The Bertz CT molecular complexity index is 578. The Morgan fingerprint density at radius 1 is 1.17 bits per heavy atom. The molecule has 132 valence electrons. The van der Waals surface area contributed by atoms with E-state index in [-0.39, 0.29) is 18.6 Å². The monoisotopic (exact) mass is 399 g/mol. The van der Waals surface area contributed by atoms with Crippen LogP contribution in [-0.2, 0) is 9.53 Å². The molecule has 0 aromatic carbocycles. The molecule has 2 heterocycles. The molecule has 7 nitrogen and oxygen atoms in total. The molecule has 0 bridgehead atoms. The van der Waals surface area contributed by atoms with Crippen LogP contribution in [0.4, 0.5) is 4.79 Å².